The number of furan rings is 1. The van der Waals surface area contributed by atoms with Gasteiger partial charge in [-0.15, -0.1) is 0 Å². The molecule has 3 heterocycles. The van der Waals surface area contributed by atoms with E-state index in [4.69, 9.17) is 20.8 Å². The largest absolute Gasteiger partial charge is 0.478 e. The highest BCUT2D eigenvalue weighted by atomic mass is 35.5. The second-order valence-corrected chi connectivity index (χ2v) is 10.7. The minimum absolute atomic E-state index is 0.0424. The van der Waals surface area contributed by atoms with Crippen molar-refractivity contribution >= 4 is 46.6 Å². The van der Waals surface area contributed by atoms with Crippen LogP contribution in [0.25, 0.3) is 17.4 Å². The highest BCUT2D eigenvalue weighted by molar-refractivity contribution is 7.07. The number of carbonyl (C=O) groups is 2. The van der Waals surface area contributed by atoms with Crippen molar-refractivity contribution in [1.29, 1.82) is 0 Å². The van der Waals surface area contributed by atoms with E-state index in [2.05, 4.69) is 4.99 Å². The standard InChI is InChI=1S/C29H22ClN3O8S/c1-4-40-28(37)24-15(3)31-29-32(25(24)17-6-5-14(2)21(12-17)33(38)39)26(34)23(42-29)13-18-8-10-22(41-18)16-7-9-19(27(35)36)20(30)11-16/h5-13,25H,4H2,1-3H3,(H,35,36)/b23-13+/t25-/m0/s1. The number of nitro benzene ring substituents is 1. The van der Waals surface area contributed by atoms with Gasteiger partial charge in [-0.25, -0.2) is 14.6 Å². The van der Waals surface area contributed by atoms with Gasteiger partial charge in [0, 0.05) is 23.3 Å². The minimum atomic E-state index is -1.15. The molecule has 2 aromatic heterocycles. The molecule has 13 heteroatoms. The topological polar surface area (TPSA) is 154 Å². The van der Waals surface area contributed by atoms with Crippen LogP contribution in [0.2, 0.25) is 5.02 Å². The molecular formula is C29H22ClN3O8S. The van der Waals surface area contributed by atoms with Crippen molar-refractivity contribution in [2.45, 2.75) is 26.8 Å². The van der Waals surface area contributed by atoms with Gasteiger partial charge in [0.1, 0.15) is 11.5 Å². The Labute approximate surface area is 246 Å². The van der Waals surface area contributed by atoms with Crippen LogP contribution in [-0.2, 0) is 9.53 Å². The molecule has 214 valence electrons. The first kappa shape index (κ1) is 28.7. The van der Waals surface area contributed by atoms with Crippen LogP contribution in [0.4, 0.5) is 5.69 Å². The zero-order valence-electron chi connectivity index (χ0n) is 22.4. The number of carboxylic acids is 1. The smallest absolute Gasteiger partial charge is 0.338 e. The van der Waals surface area contributed by atoms with E-state index in [1.165, 1.54) is 28.8 Å². The first-order chi connectivity index (χ1) is 20.0. The van der Waals surface area contributed by atoms with Gasteiger partial charge in [0.15, 0.2) is 4.80 Å². The Morgan fingerprint density at radius 3 is 2.64 bits per heavy atom. The summed E-state index contributed by atoms with van der Waals surface area (Å²) < 4.78 is 12.8. The number of fused-ring (bicyclic) bond motifs is 1. The maximum Gasteiger partial charge on any atom is 0.338 e. The molecule has 0 bridgehead atoms. The van der Waals surface area contributed by atoms with E-state index in [1.54, 1.807) is 51.1 Å². The number of hydrogen-bond donors (Lipinski definition) is 1. The third-order valence-corrected chi connectivity index (χ3v) is 7.94. The number of aromatic carboxylic acids is 1. The van der Waals surface area contributed by atoms with Crippen LogP contribution >= 0.6 is 22.9 Å². The van der Waals surface area contributed by atoms with Crippen LogP contribution in [0.1, 0.15) is 47.1 Å². The second kappa shape index (κ2) is 11.2. The van der Waals surface area contributed by atoms with Crippen molar-refractivity contribution in [3.63, 3.8) is 0 Å². The summed E-state index contributed by atoms with van der Waals surface area (Å²) >= 11 is 7.17. The summed E-state index contributed by atoms with van der Waals surface area (Å²) in [5.41, 5.74) is 1.11. The average Bonchev–Trinajstić information content (AvgIpc) is 3.52. The van der Waals surface area contributed by atoms with Crippen LogP contribution in [0.5, 0.6) is 0 Å². The number of carboxylic acid groups (broad SMARTS) is 1. The number of ether oxygens (including phenoxy) is 1. The van der Waals surface area contributed by atoms with Crippen molar-refractivity contribution < 1.29 is 28.8 Å². The van der Waals surface area contributed by atoms with Gasteiger partial charge in [-0.05, 0) is 50.6 Å². The van der Waals surface area contributed by atoms with Crippen LogP contribution < -0.4 is 14.9 Å². The molecule has 1 aliphatic heterocycles. The fourth-order valence-corrected chi connectivity index (χ4v) is 5.94. The van der Waals surface area contributed by atoms with E-state index in [1.807, 2.05) is 0 Å². The number of nitrogens with zero attached hydrogens (tertiary/aromatic N) is 3. The molecule has 0 unspecified atom stereocenters. The van der Waals surface area contributed by atoms with Gasteiger partial charge in [-0.2, -0.15) is 0 Å². The maximum absolute atomic E-state index is 13.8. The van der Waals surface area contributed by atoms with E-state index >= 15 is 0 Å². The Bertz CT molecular complexity index is 2000. The number of hydrogen-bond acceptors (Lipinski definition) is 9. The molecule has 2 aromatic carbocycles. The summed E-state index contributed by atoms with van der Waals surface area (Å²) in [6, 6.07) is 11.3. The summed E-state index contributed by atoms with van der Waals surface area (Å²) in [6.07, 6.45) is 1.53. The minimum Gasteiger partial charge on any atom is -0.478 e. The predicted molar refractivity (Wildman–Crippen MR) is 154 cm³/mol. The van der Waals surface area contributed by atoms with E-state index < -0.39 is 28.5 Å². The third-order valence-electron chi connectivity index (χ3n) is 6.65. The number of aromatic nitrogens is 1. The number of esters is 1. The number of benzene rings is 2. The number of carbonyl (C=O) groups excluding carboxylic acids is 1. The molecule has 1 atom stereocenters. The van der Waals surface area contributed by atoms with Crippen LogP contribution in [0.15, 0.2) is 74.0 Å². The summed E-state index contributed by atoms with van der Waals surface area (Å²) in [4.78, 5) is 54.1. The van der Waals surface area contributed by atoms with Gasteiger partial charge in [-0.1, -0.05) is 41.1 Å². The number of thiazole rings is 1. The normalized spacial score (nSPS) is 14.9. The molecule has 1 N–H and O–H groups in total. The number of aryl methyl sites for hydroxylation is 1. The predicted octanol–water partition coefficient (Wildman–Crippen LogP) is 4.63. The monoisotopic (exact) mass is 607 g/mol. The van der Waals surface area contributed by atoms with Gasteiger partial charge >= 0.3 is 11.9 Å². The molecule has 42 heavy (non-hydrogen) atoms. The molecule has 0 saturated carbocycles. The zero-order chi connectivity index (χ0) is 30.3. The molecule has 0 amide bonds. The van der Waals surface area contributed by atoms with Crippen LogP contribution in [0, 0.1) is 17.0 Å². The molecule has 0 aliphatic carbocycles. The fraction of sp³-hybridized carbons (Fsp3) is 0.172. The molecular weight excluding hydrogens is 586 g/mol. The Morgan fingerprint density at radius 1 is 1.21 bits per heavy atom. The van der Waals surface area contributed by atoms with Crippen molar-refractivity contribution in [2.75, 3.05) is 6.61 Å². The first-order valence-corrected chi connectivity index (χ1v) is 13.8. The highest BCUT2D eigenvalue weighted by Crippen LogP contribution is 2.33. The number of halogens is 1. The zero-order valence-corrected chi connectivity index (χ0v) is 24.0. The highest BCUT2D eigenvalue weighted by Gasteiger charge is 2.34. The summed E-state index contributed by atoms with van der Waals surface area (Å²) in [7, 11) is 0. The summed E-state index contributed by atoms with van der Waals surface area (Å²) in [5.74, 6) is -1.10. The lowest BCUT2D eigenvalue weighted by Crippen LogP contribution is -2.40. The van der Waals surface area contributed by atoms with Gasteiger partial charge < -0.3 is 14.3 Å². The van der Waals surface area contributed by atoms with Gasteiger partial charge in [0.05, 0.1) is 44.0 Å². The second-order valence-electron chi connectivity index (χ2n) is 9.31. The van der Waals surface area contributed by atoms with Crippen molar-refractivity contribution in [3.8, 4) is 11.3 Å². The van der Waals surface area contributed by atoms with E-state index in [0.29, 0.717) is 38.7 Å². The van der Waals surface area contributed by atoms with Crippen molar-refractivity contribution in [3.05, 3.63) is 117 Å². The van der Waals surface area contributed by atoms with Crippen LogP contribution in [-0.4, -0.2) is 33.1 Å². The van der Waals surface area contributed by atoms with E-state index in [9.17, 15) is 29.6 Å². The molecule has 0 fully saturated rings. The molecule has 0 radical (unpaired) electrons. The molecule has 11 nitrogen and oxygen atoms in total. The number of rotatable bonds is 7. The van der Waals surface area contributed by atoms with Crippen molar-refractivity contribution in [1.82, 2.24) is 4.57 Å². The number of allylic oxidation sites excluding steroid dienone is 1. The first-order valence-electron chi connectivity index (χ1n) is 12.6. The Hall–Kier alpha value is -4.81. The molecule has 0 saturated heterocycles. The van der Waals surface area contributed by atoms with Gasteiger partial charge in [-0.3, -0.25) is 19.5 Å². The van der Waals surface area contributed by atoms with Gasteiger partial charge in [0.2, 0.25) is 0 Å². The Morgan fingerprint density at radius 2 is 1.98 bits per heavy atom. The quantitative estimate of drug-likeness (QED) is 0.181. The SMILES string of the molecule is CCOC(=O)C1=C(C)N=c2s/c(=C/c3ccc(-c4ccc(C(=O)O)c(Cl)c4)o3)c(=O)n2[C@H]1c1ccc(C)c([N+](=O)[O-])c1. The number of nitro groups is 1. The molecule has 5 rings (SSSR count). The maximum atomic E-state index is 13.8. The van der Waals surface area contributed by atoms with Gasteiger partial charge in [0.25, 0.3) is 11.2 Å². The van der Waals surface area contributed by atoms with Crippen molar-refractivity contribution in [2.24, 2.45) is 4.99 Å². The van der Waals surface area contributed by atoms with Crippen LogP contribution in [0.3, 0.4) is 0 Å². The molecule has 4 aromatic rings. The fourth-order valence-electron chi connectivity index (χ4n) is 4.66. The Kier molecular flexibility index (Phi) is 7.67. The average molecular weight is 608 g/mol. The molecule has 0 spiro atoms. The van der Waals surface area contributed by atoms with E-state index in [0.717, 1.165) is 11.3 Å². The molecule has 1 aliphatic rings. The lowest BCUT2D eigenvalue weighted by atomic mass is 9.94. The summed E-state index contributed by atoms with van der Waals surface area (Å²) in [5, 5.41) is 21.0. The third kappa shape index (κ3) is 5.17. The lowest BCUT2D eigenvalue weighted by molar-refractivity contribution is -0.385. The lowest BCUT2D eigenvalue weighted by Gasteiger charge is -2.24. The Balaban J connectivity index is 1.63. The van der Waals surface area contributed by atoms with E-state index in [-0.39, 0.29) is 33.0 Å². The summed E-state index contributed by atoms with van der Waals surface area (Å²) in [6.45, 7) is 4.97.